The fraction of sp³-hybridized carbons (Fsp3) is 0.600. The molecule has 0 bridgehead atoms. The third-order valence-electron chi connectivity index (χ3n) is 3.28. The van der Waals surface area contributed by atoms with Gasteiger partial charge < -0.3 is 10.1 Å². The molecule has 1 aliphatic carbocycles. The highest BCUT2D eigenvalue weighted by atomic mass is 79.9. The molecule has 0 radical (unpaired) electrons. The molecule has 18 heavy (non-hydrogen) atoms. The summed E-state index contributed by atoms with van der Waals surface area (Å²) in [6, 6.07) is 6.22. The van der Waals surface area contributed by atoms with Gasteiger partial charge in [-0.25, -0.2) is 0 Å². The molecule has 1 N–H and O–H groups in total. The lowest BCUT2D eigenvalue weighted by Crippen LogP contribution is -2.35. The van der Waals surface area contributed by atoms with E-state index >= 15 is 0 Å². The van der Waals surface area contributed by atoms with Crippen LogP contribution in [0.4, 0.5) is 0 Å². The molecule has 0 spiro atoms. The van der Waals surface area contributed by atoms with Gasteiger partial charge in [-0.3, -0.25) is 0 Å². The van der Waals surface area contributed by atoms with Crippen molar-refractivity contribution in [2.24, 2.45) is 5.92 Å². The summed E-state index contributed by atoms with van der Waals surface area (Å²) in [5.41, 5.74) is 1.24. The van der Waals surface area contributed by atoms with E-state index in [4.69, 9.17) is 4.74 Å². The smallest absolute Gasteiger partial charge is 0.124 e. The fourth-order valence-electron chi connectivity index (χ4n) is 1.96. The zero-order chi connectivity index (χ0) is 13.2. The summed E-state index contributed by atoms with van der Waals surface area (Å²) in [4.78, 5) is 0. The van der Waals surface area contributed by atoms with Gasteiger partial charge in [0.05, 0.1) is 0 Å². The van der Waals surface area contributed by atoms with E-state index in [0.717, 1.165) is 36.2 Å². The molecule has 1 fully saturated rings. The highest BCUT2D eigenvalue weighted by molar-refractivity contribution is 9.10. The van der Waals surface area contributed by atoms with Gasteiger partial charge in [0.1, 0.15) is 11.4 Å². The van der Waals surface area contributed by atoms with Crippen LogP contribution in [0.5, 0.6) is 5.75 Å². The van der Waals surface area contributed by atoms with Crippen molar-refractivity contribution in [3.8, 4) is 5.75 Å². The monoisotopic (exact) mass is 311 g/mol. The summed E-state index contributed by atoms with van der Waals surface area (Å²) in [5.74, 6) is 1.70. The Morgan fingerprint density at radius 2 is 2.11 bits per heavy atom. The molecule has 1 aromatic rings. The van der Waals surface area contributed by atoms with Crippen LogP contribution in [0.1, 0.15) is 32.3 Å². The Labute approximate surface area is 118 Å². The summed E-state index contributed by atoms with van der Waals surface area (Å²) in [6.45, 7) is 8.57. The van der Waals surface area contributed by atoms with E-state index in [9.17, 15) is 0 Å². The molecule has 100 valence electrons. The molecule has 0 unspecified atom stereocenters. The Morgan fingerprint density at radius 3 is 2.72 bits per heavy atom. The first-order valence-corrected chi connectivity index (χ1v) is 7.46. The van der Waals surface area contributed by atoms with E-state index in [-0.39, 0.29) is 5.60 Å². The highest BCUT2D eigenvalue weighted by Gasteiger charge is 2.45. The van der Waals surface area contributed by atoms with Crippen LogP contribution in [0.15, 0.2) is 22.7 Å². The lowest BCUT2D eigenvalue weighted by molar-refractivity contribution is 0.173. The normalized spacial score (nSPS) is 16.9. The number of nitrogens with one attached hydrogen (secondary N) is 1. The molecule has 0 saturated heterocycles. The third-order valence-corrected chi connectivity index (χ3v) is 3.78. The summed E-state index contributed by atoms with van der Waals surface area (Å²) in [7, 11) is 0. The number of benzene rings is 1. The topological polar surface area (TPSA) is 21.3 Å². The molecule has 0 heterocycles. The number of rotatable bonds is 6. The number of hydrogen-bond acceptors (Lipinski definition) is 2. The second-order valence-corrected chi connectivity index (χ2v) is 6.64. The van der Waals surface area contributed by atoms with Crippen LogP contribution in [-0.2, 0) is 0 Å². The molecule has 1 aliphatic rings. The number of hydrogen-bond donors (Lipinski definition) is 1. The Balaban J connectivity index is 1.94. The van der Waals surface area contributed by atoms with Gasteiger partial charge in [-0.15, -0.1) is 0 Å². The predicted octanol–water partition coefficient (Wildman–Crippen LogP) is 3.91. The van der Waals surface area contributed by atoms with Crippen molar-refractivity contribution in [2.45, 2.75) is 39.2 Å². The second kappa shape index (κ2) is 5.62. The molecular weight excluding hydrogens is 290 g/mol. The largest absolute Gasteiger partial charge is 0.486 e. The molecule has 3 heteroatoms. The van der Waals surface area contributed by atoms with Crippen molar-refractivity contribution >= 4 is 15.9 Å². The summed E-state index contributed by atoms with van der Waals surface area (Å²) in [5, 5.41) is 3.51. The molecule has 1 aromatic carbocycles. The van der Waals surface area contributed by atoms with E-state index < -0.39 is 0 Å². The molecule has 0 aliphatic heterocycles. The molecule has 2 rings (SSSR count). The van der Waals surface area contributed by atoms with E-state index in [1.54, 1.807) is 0 Å². The van der Waals surface area contributed by atoms with Crippen molar-refractivity contribution < 1.29 is 4.74 Å². The van der Waals surface area contributed by atoms with Gasteiger partial charge in [-0.1, -0.05) is 35.8 Å². The van der Waals surface area contributed by atoms with Gasteiger partial charge >= 0.3 is 0 Å². The van der Waals surface area contributed by atoms with Gasteiger partial charge in [0.15, 0.2) is 0 Å². The minimum Gasteiger partial charge on any atom is -0.486 e. The SMILES string of the molecule is Cc1ccc(Br)cc1OC1(CNCC(C)C)CC1. The van der Waals surface area contributed by atoms with Gasteiger partial charge in [-0.05, 0) is 49.9 Å². The molecule has 0 atom stereocenters. The van der Waals surface area contributed by atoms with Crippen molar-refractivity contribution in [3.63, 3.8) is 0 Å². The first kappa shape index (κ1) is 13.9. The Hall–Kier alpha value is -0.540. The van der Waals surface area contributed by atoms with Crippen LogP contribution in [0.25, 0.3) is 0 Å². The Kier molecular flexibility index (Phi) is 4.33. The van der Waals surface area contributed by atoms with Crippen molar-refractivity contribution in [2.75, 3.05) is 13.1 Å². The standard InChI is InChI=1S/C15H22BrNO/c1-11(2)9-17-10-15(6-7-15)18-14-8-13(16)5-4-12(14)3/h4-5,8,11,17H,6-7,9-10H2,1-3H3. The van der Waals surface area contributed by atoms with Crippen molar-refractivity contribution in [1.82, 2.24) is 5.32 Å². The van der Waals surface area contributed by atoms with Crippen LogP contribution in [-0.4, -0.2) is 18.7 Å². The Morgan fingerprint density at radius 1 is 1.39 bits per heavy atom. The maximum atomic E-state index is 6.21. The van der Waals surface area contributed by atoms with Gasteiger partial charge in [-0.2, -0.15) is 0 Å². The maximum absolute atomic E-state index is 6.21. The highest BCUT2D eigenvalue weighted by Crippen LogP contribution is 2.41. The first-order valence-electron chi connectivity index (χ1n) is 6.67. The van der Waals surface area contributed by atoms with Gasteiger partial charge in [0.25, 0.3) is 0 Å². The minimum atomic E-state index is 0.0421. The number of halogens is 1. The zero-order valence-corrected chi connectivity index (χ0v) is 13.0. The average molecular weight is 312 g/mol. The maximum Gasteiger partial charge on any atom is 0.124 e. The van der Waals surface area contributed by atoms with Gasteiger partial charge in [0, 0.05) is 11.0 Å². The number of aryl methyl sites for hydroxylation is 1. The first-order chi connectivity index (χ1) is 8.51. The third kappa shape index (κ3) is 3.72. The van der Waals surface area contributed by atoms with E-state index in [2.05, 4.69) is 60.2 Å². The van der Waals surface area contributed by atoms with Crippen LogP contribution in [0, 0.1) is 12.8 Å². The lowest BCUT2D eigenvalue weighted by atomic mass is 10.2. The predicted molar refractivity (Wildman–Crippen MR) is 79.2 cm³/mol. The van der Waals surface area contributed by atoms with Crippen molar-refractivity contribution in [1.29, 1.82) is 0 Å². The van der Waals surface area contributed by atoms with Crippen LogP contribution >= 0.6 is 15.9 Å². The van der Waals surface area contributed by atoms with Crippen LogP contribution in [0.3, 0.4) is 0 Å². The summed E-state index contributed by atoms with van der Waals surface area (Å²) >= 11 is 3.50. The van der Waals surface area contributed by atoms with Crippen LogP contribution < -0.4 is 10.1 Å². The van der Waals surface area contributed by atoms with Gasteiger partial charge in [0.2, 0.25) is 0 Å². The average Bonchev–Trinajstić information content (AvgIpc) is 3.03. The summed E-state index contributed by atoms with van der Waals surface area (Å²) in [6.07, 6.45) is 2.31. The zero-order valence-electron chi connectivity index (χ0n) is 11.4. The van der Waals surface area contributed by atoms with E-state index in [0.29, 0.717) is 5.92 Å². The molecule has 0 amide bonds. The molecule has 2 nitrogen and oxygen atoms in total. The van der Waals surface area contributed by atoms with E-state index in [1.807, 2.05) is 0 Å². The molecule has 0 aromatic heterocycles. The summed E-state index contributed by atoms with van der Waals surface area (Å²) < 4.78 is 7.29. The number of ether oxygens (including phenoxy) is 1. The molecule has 1 saturated carbocycles. The minimum absolute atomic E-state index is 0.0421. The second-order valence-electron chi connectivity index (χ2n) is 5.72. The quantitative estimate of drug-likeness (QED) is 0.860. The molecular formula is C15H22BrNO. The van der Waals surface area contributed by atoms with Crippen molar-refractivity contribution in [3.05, 3.63) is 28.2 Å². The Bertz CT molecular complexity index is 413. The van der Waals surface area contributed by atoms with Crippen LogP contribution in [0.2, 0.25) is 0 Å². The fourth-order valence-corrected chi connectivity index (χ4v) is 2.30. The lowest BCUT2D eigenvalue weighted by Gasteiger charge is -2.21. The van der Waals surface area contributed by atoms with E-state index in [1.165, 1.54) is 5.56 Å².